The van der Waals surface area contributed by atoms with Crippen LogP contribution in [-0.2, 0) is 5.54 Å². The zero-order chi connectivity index (χ0) is 19.4. The van der Waals surface area contributed by atoms with E-state index >= 15 is 0 Å². The number of nitrogens with zero attached hydrogens (tertiary/aromatic N) is 3. The number of benzene rings is 1. The van der Waals surface area contributed by atoms with Gasteiger partial charge in [0.25, 0.3) is 0 Å². The largest absolute Gasteiger partial charge is 0.326 e. The second-order valence-electron chi connectivity index (χ2n) is 7.52. The van der Waals surface area contributed by atoms with Gasteiger partial charge in [-0.3, -0.25) is 4.99 Å². The average molecular weight is 385 g/mol. The van der Waals surface area contributed by atoms with Crippen molar-refractivity contribution in [3.05, 3.63) is 60.3 Å². The van der Waals surface area contributed by atoms with Gasteiger partial charge < -0.3 is 15.2 Å². The number of halogens is 2. The molecule has 7 heteroatoms. The van der Waals surface area contributed by atoms with Crippen LogP contribution in [0.4, 0.5) is 8.78 Å². The van der Waals surface area contributed by atoms with Gasteiger partial charge in [0, 0.05) is 48.9 Å². The standard InChI is InChI=1S/C21H25F2N5/c22-19-5-1-4-17(20(19)23)18-13-25-8-6-21(18,28-10-9-26-15-28)14-27-12-16-3-2-7-24-11-16/h1,4-5,8-10,13,15-16,24,27H,2-3,6-7,11-12,14H2. The van der Waals surface area contributed by atoms with Crippen LogP contribution in [0.2, 0.25) is 0 Å². The first-order chi connectivity index (χ1) is 13.7. The lowest BCUT2D eigenvalue weighted by Crippen LogP contribution is -2.47. The molecule has 2 unspecified atom stereocenters. The Labute approximate surface area is 163 Å². The minimum atomic E-state index is -0.853. The molecule has 1 fully saturated rings. The summed E-state index contributed by atoms with van der Waals surface area (Å²) in [6.07, 6.45) is 11.7. The SMILES string of the molecule is Fc1cccc(C2=CN=CCC2(CNCC2CCCNC2)n2ccnc2)c1F. The van der Waals surface area contributed by atoms with Crippen molar-refractivity contribution < 1.29 is 8.78 Å². The molecule has 3 heterocycles. The van der Waals surface area contributed by atoms with Crippen molar-refractivity contribution in [1.29, 1.82) is 0 Å². The fourth-order valence-corrected chi connectivity index (χ4v) is 4.19. The highest BCUT2D eigenvalue weighted by molar-refractivity contribution is 5.80. The quantitative estimate of drug-likeness (QED) is 0.804. The van der Waals surface area contributed by atoms with E-state index in [1.165, 1.54) is 18.9 Å². The molecular formula is C21H25F2N5. The fraction of sp³-hybridized carbons (Fsp3) is 0.429. The van der Waals surface area contributed by atoms with Crippen molar-refractivity contribution in [3.8, 4) is 0 Å². The molecule has 0 radical (unpaired) electrons. The molecular weight excluding hydrogens is 360 g/mol. The van der Waals surface area contributed by atoms with Gasteiger partial charge in [0.15, 0.2) is 11.6 Å². The number of piperidine rings is 1. The van der Waals surface area contributed by atoms with Gasteiger partial charge in [-0.05, 0) is 44.5 Å². The highest BCUT2D eigenvalue weighted by Crippen LogP contribution is 2.39. The van der Waals surface area contributed by atoms with E-state index in [1.807, 2.05) is 17.0 Å². The zero-order valence-electron chi connectivity index (χ0n) is 15.7. The first kappa shape index (κ1) is 19.0. The molecule has 2 aliphatic rings. The maximum atomic E-state index is 14.7. The van der Waals surface area contributed by atoms with Gasteiger partial charge in [-0.15, -0.1) is 0 Å². The Hall–Kier alpha value is -2.38. The van der Waals surface area contributed by atoms with Crippen molar-refractivity contribution in [2.45, 2.75) is 24.8 Å². The van der Waals surface area contributed by atoms with E-state index in [1.54, 1.807) is 24.8 Å². The van der Waals surface area contributed by atoms with Crippen LogP contribution in [0.25, 0.3) is 5.57 Å². The van der Waals surface area contributed by atoms with Crippen LogP contribution in [0, 0.1) is 17.6 Å². The number of nitrogens with one attached hydrogen (secondary N) is 2. The lowest BCUT2D eigenvalue weighted by Gasteiger charge is -2.39. The monoisotopic (exact) mass is 385 g/mol. The van der Waals surface area contributed by atoms with Crippen LogP contribution in [0.5, 0.6) is 0 Å². The van der Waals surface area contributed by atoms with Gasteiger partial charge in [0.2, 0.25) is 0 Å². The molecule has 1 saturated heterocycles. The summed E-state index contributed by atoms with van der Waals surface area (Å²) in [6.45, 7) is 3.54. The molecule has 0 saturated carbocycles. The molecule has 148 valence electrons. The van der Waals surface area contributed by atoms with E-state index < -0.39 is 17.2 Å². The Bertz CT molecular complexity index is 856. The Morgan fingerprint density at radius 1 is 1.32 bits per heavy atom. The van der Waals surface area contributed by atoms with Gasteiger partial charge >= 0.3 is 0 Å². The van der Waals surface area contributed by atoms with E-state index in [2.05, 4.69) is 20.6 Å². The summed E-state index contributed by atoms with van der Waals surface area (Å²) in [5, 5.41) is 7.01. The minimum Gasteiger partial charge on any atom is -0.326 e. The molecule has 1 aromatic heterocycles. The fourth-order valence-electron chi connectivity index (χ4n) is 4.19. The molecule has 5 nitrogen and oxygen atoms in total. The minimum absolute atomic E-state index is 0.242. The Kier molecular flexibility index (Phi) is 5.64. The first-order valence-corrected chi connectivity index (χ1v) is 9.77. The van der Waals surface area contributed by atoms with Crippen molar-refractivity contribution in [1.82, 2.24) is 20.2 Å². The van der Waals surface area contributed by atoms with Gasteiger partial charge in [-0.1, -0.05) is 12.1 Å². The second kappa shape index (κ2) is 8.32. The Morgan fingerprint density at radius 2 is 2.25 bits per heavy atom. The zero-order valence-corrected chi connectivity index (χ0v) is 15.7. The van der Waals surface area contributed by atoms with Gasteiger partial charge in [-0.25, -0.2) is 13.8 Å². The lowest BCUT2D eigenvalue weighted by molar-refractivity contribution is 0.321. The molecule has 0 amide bonds. The molecule has 4 rings (SSSR count). The number of imidazole rings is 1. The maximum Gasteiger partial charge on any atom is 0.166 e. The van der Waals surface area contributed by atoms with Crippen molar-refractivity contribution in [3.63, 3.8) is 0 Å². The smallest absolute Gasteiger partial charge is 0.166 e. The molecule has 28 heavy (non-hydrogen) atoms. The van der Waals surface area contributed by atoms with Gasteiger partial charge in [-0.2, -0.15) is 0 Å². The van der Waals surface area contributed by atoms with Crippen LogP contribution in [0.3, 0.4) is 0 Å². The summed E-state index contributed by atoms with van der Waals surface area (Å²) in [4.78, 5) is 8.46. The van der Waals surface area contributed by atoms with Crippen LogP contribution in [0.15, 0.2) is 48.1 Å². The normalized spacial score (nSPS) is 24.9. The summed E-state index contributed by atoms with van der Waals surface area (Å²) < 4.78 is 30.6. The molecule has 2 aliphatic heterocycles. The molecule has 0 bridgehead atoms. The number of rotatable bonds is 6. The molecule has 2 N–H and O–H groups in total. The van der Waals surface area contributed by atoms with E-state index in [4.69, 9.17) is 0 Å². The summed E-state index contributed by atoms with van der Waals surface area (Å²) in [7, 11) is 0. The second-order valence-corrected chi connectivity index (χ2v) is 7.52. The highest BCUT2D eigenvalue weighted by atomic mass is 19.2. The third-order valence-corrected chi connectivity index (χ3v) is 5.73. The Morgan fingerprint density at radius 3 is 3.04 bits per heavy atom. The van der Waals surface area contributed by atoms with E-state index in [-0.39, 0.29) is 5.56 Å². The lowest BCUT2D eigenvalue weighted by atomic mass is 9.80. The first-order valence-electron chi connectivity index (χ1n) is 9.77. The van der Waals surface area contributed by atoms with Gasteiger partial charge in [0.1, 0.15) is 0 Å². The topological polar surface area (TPSA) is 54.2 Å². The van der Waals surface area contributed by atoms with Crippen LogP contribution >= 0.6 is 0 Å². The summed E-state index contributed by atoms with van der Waals surface area (Å²) >= 11 is 0. The number of aromatic nitrogens is 2. The summed E-state index contributed by atoms with van der Waals surface area (Å²) in [5.74, 6) is -1.12. The molecule has 0 spiro atoms. The predicted molar refractivity (Wildman–Crippen MR) is 106 cm³/mol. The molecule has 2 aromatic rings. The predicted octanol–water partition coefficient (Wildman–Crippen LogP) is 2.96. The third kappa shape index (κ3) is 3.64. The van der Waals surface area contributed by atoms with E-state index in [9.17, 15) is 8.78 Å². The average Bonchev–Trinajstić information content (AvgIpc) is 3.27. The summed E-state index contributed by atoms with van der Waals surface area (Å²) in [5.41, 5.74) is 0.278. The maximum absolute atomic E-state index is 14.7. The Balaban J connectivity index is 1.65. The molecule has 1 aromatic carbocycles. The number of hydrogen-bond donors (Lipinski definition) is 2. The van der Waals surface area contributed by atoms with Crippen LogP contribution in [-0.4, -0.2) is 41.9 Å². The van der Waals surface area contributed by atoms with Crippen LogP contribution < -0.4 is 10.6 Å². The molecule has 0 aliphatic carbocycles. The molecule has 2 atom stereocenters. The van der Waals surface area contributed by atoms with Crippen molar-refractivity contribution in [2.75, 3.05) is 26.2 Å². The summed E-state index contributed by atoms with van der Waals surface area (Å²) in [6, 6.07) is 4.28. The van der Waals surface area contributed by atoms with Gasteiger partial charge in [0.05, 0.1) is 11.9 Å². The number of aliphatic imine (C=N–C) groups is 1. The van der Waals surface area contributed by atoms with E-state index in [0.29, 0.717) is 24.5 Å². The number of hydrogen-bond acceptors (Lipinski definition) is 4. The third-order valence-electron chi connectivity index (χ3n) is 5.73. The van der Waals surface area contributed by atoms with E-state index in [0.717, 1.165) is 25.7 Å². The highest BCUT2D eigenvalue weighted by Gasteiger charge is 2.39. The van der Waals surface area contributed by atoms with Crippen LogP contribution in [0.1, 0.15) is 24.8 Å². The van der Waals surface area contributed by atoms with Crippen molar-refractivity contribution >= 4 is 11.8 Å². The van der Waals surface area contributed by atoms with Crippen molar-refractivity contribution in [2.24, 2.45) is 10.9 Å².